The van der Waals surface area contributed by atoms with Crippen LogP contribution in [0, 0.1) is 13.8 Å². The monoisotopic (exact) mass is 1400 g/mol. The van der Waals surface area contributed by atoms with Crippen molar-refractivity contribution in [2.24, 2.45) is 0 Å². The lowest BCUT2D eigenvalue weighted by Crippen LogP contribution is -2.14. The van der Waals surface area contributed by atoms with Gasteiger partial charge in [-0.2, -0.15) is 135 Å². The van der Waals surface area contributed by atoms with E-state index in [9.17, 15) is 16.8 Å². The van der Waals surface area contributed by atoms with Crippen LogP contribution < -0.4 is 0 Å². The fourth-order valence-corrected chi connectivity index (χ4v) is 14.8. The lowest BCUT2D eigenvalue weighted by atomic mass is 10.2. The van der Waals surface area contributed by atoms with Crippen LogP contribution in [0.25, 0.3) is 0 Å². The molecule has 0 atom stereocenters. The van der Waals surface area contributed by atoms with Crippen LogP contribution in [0.3, 0.4) is 0 Å². The molecule has 0 saturated carbocycles. The van der Waals surface area contributed by atoms with Crippen molar-refractivity contribution in [2.45, 2.75) is 63.2 Å². The maximum absolute atomic E-state index is 12.1. The van der Waals surface area contributed by atoms with Crippen LogP contribution in [0.1, 0.15) is 50.7 Å². The molecular formula is C57H106O14S12. The normalized spacial score (nSPS) is 11.5. The third kappa shape index (κ3) is 62.0. The summed E-state index contributed by atoms with van der Waals surface area (Å²) < 4.78 is 103. The molecule has 0 amide bonds. The summed E-state index contributed by atoms with van der Waals surface area (Å²) in [6.45, 7) is 13.3. The minimum Gasteiger partial charge on any atom is -0.378 e. The molecule has 0 radical (unpaired) electrons. The lowest BCUT2D eigenvalue weighted by molar-refractivity contribution is 0.0421. The average Bonchev–Trinajstić information content (AvgIpc) is 3.53. The third-order valence-corrected chi connectivity index (χ3v) is 21.5. The van der Waals surface area contributed by atoms with Crippen LogP contribution in [0.2, 0.25) is 0 Å². The number of rotatable bonds is 59. The molecule has 0 unspecified atom stereocenters. The number of ether oxygens (including phenoxy) is 8. The molecule has 2 aromatic rings. The molecule has 0 heterocycles. The first-order valence-electron chi connectivity index (χ1n) is 28.1. The first-order valence-corrected chi connectivity index (χ1v) is 42.7. The molecular weight excluding hydrogens is 1290 g/mol. The summed E-state index contributed by atoms with van der Waals surface area (Å²) in [5.74, 6) is 18.0. The third-order valence-electron chi connectivity index (χ3n) is 10.2. The molecule has 0 N–H and O–H groups in total. The van der Waals surface area contributed by atoms with Crippen LogP contribution in [0.5, 0.6) is 0 Å². The van der Waals surface area contributed by atoms with Crippen molar-refractivity contribution in [1.29, 1.82) is 0 Å². The molecule has 0 aliphatic carbocycles. The molecule has 14 nitrogen and oxygen atoms in total. The molecule has 0 aromatic heterocycles. The highest BCUT2D eigenvalue weighted by Crippen LogP contribution is 2.15. The van der Waals surface area contributed by atoms with Crippen LogP contribution in [-0.4, -0.2) is 247 Å². The second-order valence-corrected chi connectivity index (χ2v) is 31.2. The fraction of sp³-hybridized carbons (Fsp3) is 0.789. The Bertz CT molecular complexity index is 1700. The second kappa shape index (κ2) is 67.8. The smallest absolute Gasteiger partial charge is 0.297 e. The summed E-state index contributed by atoms with van der Waals surface area (Å²) in [5, 5.41) is 0. The van der Waals surface area contributed by atoms with Gasteiger partial charge in [-0.05, 0) is 147 Å². The van der Waals surface area contributed by atoms with Gasteiger partial charge in [0.25, 0.3) is 20.2 Å². The zero-order valence-electron chi connectivity index (χ0n) is 49.8. The number of thioether (sulfide) groups is 9. The van der Waals surface area contributed by atoms with E-state index < -0.39 is 20.2 Å². The highest BCUT2D eigenvalue weighted by molar-refractivity contribution is 8.01. The molecule has 490 valence electrons. The second-order valence-electron chi connectivity index (χ2n) is 17.2. The van der Waals surface area contributed by atoms with Gasteiger partial charge < -0.3 is 37.9 Å². The first kappa shape index (κ1) is 86.5. The number of hydrogen-bond acceptors (Lipinski definition) is 24. The number of aryl methyl sites for hydroxylation is 2. The van der Waals surface area contributed by atoms with Crippen molar-refractivity contribution in [1.82, 2.24) is 0 Å². The SMILES string of the molecule is C.CSCCCS.CSCCCSCCOCCOCCSCCCSCCOCCOCCSCCCSC.Cc1ccc(S(=O)(=O)OCCOCCOCCSCCCSCCOCCOCCOS(=O)(=O)c2ccc(C)cc2)cc1. The summed E-state index contributed by atoms with van der Waals surface area (Å²) in [6.07, 6.45) is 12.6. The summed E-state index contributed by atoms with van der Waals surface area (Å²) in [4.78, 5) is 0.279. The van der Waals surface area contributed by atoms with Gasteiger partial charge in [0.05, 0.1) is 129 Å². The molecule has 0 fully saturated rings. The van der Waals surface area contributed by atoms with E-state index in [2.05, 4.69) is 31.4 Å². The molecule has 2 rings (SSSR count). The van der Waals surface area contributed by atoms with Gasteiger partial charge in [-0.1, -0.05) is 42.8 Å². The first-order chi connectivity index (χ1) is 40.0. The minimum absolute atomic E-state index is 0. The Morgan fingerprint density at radius 3 is 0.759 bits per heavy atom. The van der Waals surface area contributed by atoms with Gasteiger partial charge in [-0.3, -0.25) is 8.37 Å². The Labute approximate surface area is 549 Å². The van der Waals surface area contributed by atoms with E-state index in [1.807, 2.05) is 120 Å². The molecule has 0 spiro atoms. The maximum atomic E-state index is 12.1. The molecule has 0 aliphatic heterocycles. The van der Waals surface area contributed by atoms with Crippen molar-refractivity contribution >= 4 is 139 Å². The van der Waals surface area contributed by atoms with E-state index in [-0.39, 0.29) is 43.6 Å². The van der Waals surface area contributed by atoms with E-state index in [1.54, 1.807) is 24.3 Å². The van der Waals surface area contributed by atoms with Gasteiger partial charge >= 0.3 is 0 Å². The zero-order chi connectivity index (χ0) is 60.0. The van der Waals surface area contributed by atoms with Crippen LogP contribution >= 0.6 is 118 Å². The van der Waals surface area contributed by atoms with Gasteiger partial charge in [0, 0.05) is 34.5 Å². The lowest BCUT2D eigenvalue weighted by Gasteiger charge is -2.08. The van der Waals surface area contributed by atoms with Crippen molar-refractivity contribution in [2.75, 3.05) is 230 Å². The summed E-state index contributed by atoms with van der Waals surface area (Å²) in [7, 11) is -7.52. The van der Waals surface area contributed by atoms with Crippen molar-refractivity contribution in [3.63, 3.8) is 0 Å². The number of benzene rings is 2. The zero-order valence-corrected chi connectivity index (χ0v) is 59.7. The standard InChI is InChI=1S/C29H44O10S4.C23H48O4S6.C4H10S2.CH4/c1-26-4-8-28(9-5-26)42(30,31)38-18-16-34-12-14-36-20-24-40-22-3-23-41-25-21-37-15-13-35-17-19-39-43(32,33)29-10-6-27(2)7-11-29;1-28-14-3-16-30-20-10-24-6-8-26-12-22-32-18-5-19-33-23-13-27-9-7-25-11-21-31-17-4-15-29-2;1-6-4-2-3-5;/h4-11H,3,12-25H2,1-2H3;3-23H2,1-2H3;5H,2-4H2,1H3;1H4. The molecule has 0 saturated heterocycles. The topological polar surface area (TPSA) is 161 Å². The summed E-state index contributed by atoms with van der Waals surface area (Å²) in [6, 6.07) is 13.0. The highest BCUT2D eigenvalue weighted by Gasteiger charge is 2.15. The van der Waals surface area contributed by atoms with E-state index in [0.717, 1.165) is 122 Å². The molecule has 0 aliphatic rings. The van der Waals surface area contributed by atoms with E-state index >= 15 is 0 Å². The van der Waals surface area contributed by atoms with E-state index in [4.69, 9.17) is 46.3 Å². The quantitative estimate of drug-likeness (QED) is 0.0378. The predicted octanol–water partition coefficient (Wildman–Crippen LogP) is 12.5. The van der Waals surface area contributed by atoms with Crippen molar-refractivity contribution in [3.05, 3.63) is 59.7 Å². The largest absolute Gasteiger partial charge is 0.378 e. The average molecular weight is 1400 g/mol. The van der Waals surface area contributed by atoms with Crippen molar-refractivity contribution < 1.29 is 63.1 Å². The maximum Gasteiger partial charge on any atom is 0.297 e. The van der Waals surface area contributed by atoms with Crippen LogP contribution in [0.15, 0.2) is 58.3 Å². The Morgan fingerprint density at radius 1 is 0.313 bits per heavy atom. The van der Waals surface area contributed by atoms with Gasteiger partial charge in [0.2, 0.25) is 0 Å². The Balaban J connectivity index is 0. The van der Waals surface area contributed by atoms with Crippen molar-refractivity contribution in [3.8, 4) is 0 Å². The van der Waals surface area contributed by atoms with Gasteiger partial charge in [-0.25, -0.2) is 0 Å². The summed E-state index contributed by atoms with van der Waals surface area (Å²) in [5.41, 5.74) is 1.96. The fourth-order valence-electron chi connectivity index (χ4n) is 5.90. The highest BCUT2D eigenvalue weighted by atomic mass is 32.2. The molecule has 0 bridgehead atoms. The minimum atomic E-state index is -3.76. The summed E-state index contributed by atoms with van der Waals surface area (Å²) >= 11 is 21.4. The number of thiol groups is 1. The Hall–Kier alpha value is 1.44. The Kier molecular flexibility index (Phi) is 70.7. The molecule has 2 aromatic carbocycles. The van der Waals surface area contributed by atoms with Gasteiger partial charge in [0.1, 0.15) is 0 Å². The molecule has 83 heavy (non-hydrogen) atoms. The molecule has 26 heteroatoms. The predicted molar refractivity (Wildman–Crippen MR) is 378 cm³/mol. The number of hydrogen-bond donors (Lipinski definition) is 1. The van der Waals surface area contributed by atoms with Crippen LogP contribution in [-0.2, 0) is 66.5 Å². The van der Waals surface area contributed by atoms with E-state index in [1.165, 1.54) is 90.2 Å². The Morgan fingerprint density at radius 2 is 0.530 bits per heavy atom. The van der Waals surface area contributed by atoms with Crippen LogP contribution in [0.4, 0.5) is 0 Å². The van der Waals surface area contributed by atoms with Gasteiger partial charge in [-0.15, -0.1) is 0 Å². The van der Waals surface area contributed by atoms with Gasteiger partial charge in [0.15, 0.2) is 0 Å². The van der Waals surface area contributed by atoms with E-state index in [0.29, 0.717) is 39.6 Å².